The third-order valence-corrected chi connectivity index (χ3v) is 6.28. The Hall–Kier alpha value is -2.12. The normalized spacial score (nSPS) is 17.8. The van der Waals surface area contributed by atoms with Crippen molar-refractivity contribution in [2.24, 2.45) is 5.92 Å². The molecule has 2 aliphatic heterocycles. The number of likely N-dealkylation sites (tertiary alicyclic amines) is 1. The second-order valence-corrected chi connectivity index (χ2v) is 7.95. The predicted molar refractivity (Wildman–Crippen MR) is 104 cm³/mol. The van der Waals surface area contributed by atoms with E-state index in [4.69, 9.17) is 9.47 Å². The molecule has 0 aliphatic carbocycles. The quantitative estimate of drug-likeness (QED) is 0.737. The average Bonchev–Trinajstić information content (AvgIpc) is 3.03. The van der Waals surface area contributed by atoms with Crippen molar-refractivity contribution in [2.45, 2.75) is 26.3 Å². The van der Waals surface area contributed by atoms with E-state index in [0.29, 0.717) is 30.3 Å². The maximum Gasteiger partial charge on any atom is 0.307 e. The fourth-order valence-corrected chi connectivity index (χ4v) is 4.53. The molecule has 1 aromatic carbocycles. The van der Waals surface area contributed by atoms with Gasteiger partial charge in [0.2, 0.25) is 0 Å². The smallest absolute Gasteiger partial charge is 0.307 e. The standard InChI is InChI=1S/C20H24N2O4S/c1-14-13-27-20(24)22(14)9-8-21-6-4-15(5-7-21)19(23)16-2-3-17-18(12-16)26-11-10-25-17/h2-3,12-13,15H,4-11H2,1H3. The Balaban J connectivity index is 1.32. The van der Waals surface area contributed by atoms with Gasteiger partial charge in [0, 0.05) is 35.6 Å². The van der Waals surface area contributed by atoms with Gasteiger partial charge in [0.15, 0.2) is 17.3 Å². The lowest BCUT2D eigenvalue weighted by atomic mass is 9.88. The summed E-state index contributed by atoms with van der Waals surface area (Å²) in [7, 11) is 0. The zero-order chi connectivity index (χ0) is 18.8. The van der Waals surface area contributed by atoms with Gasteiger partial charge >= 0.3 is 4.87 Å². The SMILES string of the molecule is Cc1csc(=O)n1CCN1CCC(C(=O)c2ccc3c(c2)OCCO3)CC1. The van der Waals surface area contributed by atoms with Gasteiger partial charge < -0.3 is 18.9 Å². The molecule has 0 N–H and O–H groups in total. The molecular weight excluding hydrogens is 364 g/mol. The van der Waals surface area contributed by atoms with Crippen LogP contribution in [0.1, 0.15) is 28.9 Å². The van der Waals surface area contributed by atoms with Crippen LogP contribution in [-0.2, 0) is 6.54 Å². The van der Waals surface area contributed by atoms with Crippen LogP contribution in [0, 0.1) is 12.8 Å². The van der Waals surface area contributed by atoms with Crippen molar-refractivity contribution in [1.29, 1.82) is 0 Å². The average molecular weight is 388 g/mol. The largest absolute Gasteiger partial charge is 0.486 e. The number of aryl methyl sites for hydroxylation is 1. The molecule has 27 heavy (non-hydrogen) atoms. The van der Waals surface area contributed by atoms with Gasteiger partial charge in [-0.2, -0.15) is 0 Å². The van der Waals surface area contributed by atoms with Crippen LogP contribution in [0.3, 0.4) is 0 Å². The number of rotatable bonds is 5. The molecule has 3 heterocycles. The van der Waals surface area contributed by atoms with Gasteiger partial charge in [-0.25, -0.2) is 0 Å². The number of benzene rings is 1. The minimum absolute atomic E-state index is 0.0504. The molecule has 0 amide bonds. The van der Waals surface area contributed by atoms with E-state index >= 15 is 0 Å². The minimum Gasteiger partial charge on any atom is -0.486 e. The third kappa shape index (κ3) is 3.94. The molecule has 0 saturated carbocycles. The van der Waals surface area contributed by atoms with Gasteiger partial charge in [-0.05, 0) is 51.1 Å². The second kappa shape index (κ2) is 7.86. The summed E-state index contributed by atoms with van der Waals surface area (Å²) in [6.45, 7) is 6.39. The van der Waals surface area contributed by atoms with Crippen molar-refractivity contribution < 1.29 is 14.3 Å². The molecule has 2 aliphatic rings. The Bertz CT molecular complexity index is 880. The minimum atomic E-state index is 0.0504. The highest BCUT2D eigenvalue weighted by Gasteiger charge is 2.27. The summed E-state index contributed by atoms with van der Waals surface area (Å²) >= 11 is 1.25. The van der Waals surface area contributed by atoms with Crippen LogP contribution in [0.4, 0.5) is 0 Å². The van der Waals surface area contributed by atoms with Crippen molar-refractivity contribution in [3.05, 3.63) is 44.5 Å². The fraction of sp³-hybridized carbons (Fsp3) is 0.500. The molecule has 1 fully saturated rings. The van der Waals surface area contributed by atoms with Gasteiger partial charge in [-0.15, -0.1) is 0 Å². The molecule has 0 atom stereocenters. The number of thiazole rings is 1. The van der Waals surface area contributed by atoms with Gasteiger partial charge in [0.1, 0.15) is 13.2 Å². The lowest BCUT2D eigenvalue weighted by molar-refractivity contribution is 0.0836. The summed E-state index contributed by atoms with van der Waals surface area (Å²) < 4.78 is 12.9. The Kier molecular flexibility index (Phi) is 5.31. The molecule has 1 aromatic heterocycles. The van der Waals surface area contributed by atoms with Crippen molar-refractivity contribution in [2.75, 3.05) is 32.8 Å². The molecule has 0 bridgehead atoms. The monoisotopic (exact) mass is 388 g/mol. The van der Waals surface area contributed by atoms with Crippen LogP contribution in [0.25, 0.3) is 0 Å². The number of carbonyl (C=O) groups excluding carboxylic acids is 1. The number of fused-ring (bicyclic) bond motifs is 1. The van der Waals surface area contributed by atoms with E-state index in [1.807, 2.05) is 35.1 Å². The van der Waals surface area contributed by atoms with Gasteiger partial charge in [0.05, 0.1) is 0 Å². The first kappa shape index (κ1) is 18.3. The number of piperidine rings is 1. The lowest BCUT2D eigenvalue weighted by Crippen LogP contribution is -2.38. The van der Waals surface area contributed by atoms with Crippen LogP contribution in [-0.4, -0.2) is 48.1 Å². The molecule has 144 valence electrons. The summed E-state index contributed by atoms with van der Waals surface area (Å²) in [6, 6.07) is 5.49. The first-order chi connectivity index (χ1) is 13.1. The third-order valence-electron chi connectivity index (χ3n) is 5.40. The number of ketones is 1. The number of aromatic nitrogens is 1. The summed E-state index contributed by atoms with van der Waals surface area (Å²) in [5, 5.41) is 1.90. The van der Waals surface area contributed by atoms with Gasteiger partial charge in [-0.1, -0.05) is 11.3 Å². The maximum atomic E-state index is 12.9. The van der Waals surface area contributed by atoms with E-state index in [9.17, 15) is 9.59 Å². The summed E-state index contributed by atoms with van der Waals surface area (Å²) in [5.74, 6) is 1.62. The van der Waals surface area contributed by atoms with Crippen LogP contribution in [0.15, 0.2) is 28.4 Å². The molecule has 0 spiro atoms. The van der Waals surface area contributed by atoms with E-state index in [1.54, 1.807) is 0 Å². The van der Waals surface area contributed by atoms with Crippen molar-refractivity contribution in [3.63, 3.8) is 0 Å². The highest BCUT2D eigenvalue weighted by Crippen LogP contribution is 2.32. The van der Waals surface area contributed by atoms with E-state index in [0.717, 1.165) is 44.7 Å². The number of hydrogen-bond acceptors (Lipinski definition) is 6. The maximum absolute atomic E-state index is 12.9. The van der Waals surface area contributed by atoms with Crippen LogP contribution in [0.5, 0.6) is 11.5 Å². The Morgan fingerprint density at radius 2 is 1.89 bits per heavy atom. The van der Waals surface area contributed by atoms with E-state index < -0.39 is 0 Å². The summed E-state index contributed by atoms with van der Waals surface area (Å²) in [6.07, 6.45) is 1.70. The van der Waals surface area contributed by atoms with Crippen LogP contribution < -0.4 is 14.3 Å². The fourth-order valence-electron chi connectivity index (χ4n) is 3.77. The van der Waals surface area contributed by atoms with Crippen LogP contribution >= 0.6 is 11.3 Å². The molecule has 1 saturated heterocycles. The molecule has 4 rings (SSSR count). The highest BCUT2D eigenvalue weighted by molar-refractivity contribution is 7.07. The van der Waals surface area contributed by atoms with E-state index in [-0.39, 0.29) is 16.6 Å². The molecule has 0 unspecified atom stereocenters. The Morgan fingerprint density at radius 1 is 1.15 bits per heavy atom. The topological polar surface area (TPSA) is 60.8 Å². The summed E-state index contributed by atoms with van der Waals surface area (Å²) in [5.41, 5.74) is 1.73. The molecular formula is C20H24N2O4S. The Morgan fingerprint density at radius 3 is 2.59 bits per heavy atom. The lowest BCUT2D eigenvalue weighted by Gasteiger charge is -2.31. The zero-order valence-corrected chi connectivity index (χ0v) is 16.3. The van der Waals surface area contributed by atoms with E-state index in [2.05, 4.69) is 4.90 Å². The van der Waals surface area contributed by atoms with Crippen molar-refractivity contribution in [3.8, 4) is 11.5 Å². The van der Waals surface area contributed by atoms with Crippen molar-refractivity contribution >= 4 is 17.1 Å². The Labute approximate surface area is 162 Å². The first-order valence-electron chi connectivity index (χ1n) is 9.43. The van der Waals surface area contributed by atoms with E-state index in [1.165, 1.54) is 11.3 Å². The molecule has 0 radical (unpaired) electrons. The number of hydrogen-bond donors (Lipinski definition) is 0. The first-order valence-corrected chi connectivity index (χ1v) is 10.3. The van der Waals surface area contributed by atoms with Crippen LogP contribution in [0.2, 0.25) is 0 Å². The highest BCUT2D eigenvalue weighted by atomic mass is 32.1. The molecule has 6 nitrogen and oxygen atoms in total. The van der Waals surface area contributed by atoms with Gasteiger partial charge in [0.25, 0.3) is 0 Å². The number of carbonyl (C=O) groups is 1. The molecule has 2 aromatic rings. The second-order valence-electron chi connectivity index (χ2n) is 7.13. The van der Waals surface area contributed by atoms with Gasteiger partial charge in [-0.3, -0.25) is 9.59 Å². The number of nitrogens with zero attached hydrogens (tertiary/aromatic N) is 2. The summed E-state index contributed by atoms with van der Waals surface area (Å²) in [4.78, 5) is 27.1. The predicted octanol–water partition coefficient (Wildman–Crippen LogP) is 2.58. The molecule has 7 heteroatoms. The van der Waals surface area contributed by atoms with Crippen molar-refractivity contribution in [1.82, 2.24) is 9.47 Å². The zero-order valence-electron chi connectivity index (χ0n) is 15.5. The number of Topliss-reactive ketones (excluding diaryl/α,β-unsaturated/α-hetero) is 1. The number of ether oxygens (including phenoxy) is 2.